The number of nitrogens with one attached hydrogen (secondary N) is 2. The molecule has 2 aromatic heterocycles. The van der Waals surface area contributed by atoms with Crippen molar-refractivity contribution in [1.82, 2.24) is 4.98 Å². The normalized spacial score (nSPS) is 10.9. The molecule has 3 aromatic rings. The number of para-hydroxylation sites is 1. The first-order valence-corrected chi connectivity index (χ1v) is 9.59. The number of anilines is 3. The third kappa shape index (κ3) is 3.96. The van der Waals surface area contributed by atoms with Crippen LogP contribution in [0.4, 0.5) is 17.2 Å². The van der Waals surface area contributed by atoms with Crippen LogP contribution < -0.4 is 10.0 Å². The number of nitrogens with zero attached hydrogens (tertiary/aromatic N) is 2. The molecule has 3 rings (SSSR count). The van der Waals surface area contributed by atoms with E-state index in [9.17, 15) is 8.42 Å². The van der Waals surface area contributed by atoms with Gasteiger partial charge in [0.15, 0.2) is 0 Å². The van der Waals surface area contributed by atoms with Crippen molar-refractivity contribution in [3.8, 4) is 6.07 Å². The number of benzene rings is 1. The second-order valence-electron chi connectivity index (χ2n) is 5.19. The van der Waals surface area contributed by atoms with Gasteiger partial charge in [0.1, 0.15) is 16.1 Å². The standard InChI is InChI=1S/C17H14N4O2S2/c1-12-6-9-17(24-12)25(22,23)21-16-8-7-14(11-19-16)20-15-5-3-2-4-13(15)10-18/h2-9,11,20H,1H3,(H,19,21). The van der Waals surface area contributed by atoms with Crippen molar-refractivity contribution in [2.75, 3.05) is 10.0 Å². The van der Waals surface area contributed by atoms with Crippen LogP contribution in [0, 0.1) is 18.3 Å². The van der Waals surface area contributed by atoms with Gasteiger partial charge < -0.3 is 5.32 Å². The molecule has 1 aromatic carbocycles. The van der Waals surface area contributed by atoms with Gasteiger partial charge >= 0.3 is 0 Å². The fourth-order valence-electron chi connectivity index (χ4n) is 2.12. The van der Waals surface area contributed by atoms with E-state index in [0.717, 1.165) is 4.88 Å². The number of thiophene rings is 1. The van der Waals surface area contributed by atoms with Gasteiger partial charge in [-0.3, -0.25) is 4.72 Å². The Morgan fingerprint density at radius 1 is 1.12 bits per heavy atom. The molecule has 0 saturated heterocycles. The maximum absolute atomic E-state index is 12.3. The van der Waals surface area contributed by atoms with Gasteiger partial charge in [-0.25, -0.2) is 13.4 Å². The smallest absolute Gasteiger partial charge is 0.272 e. The molecular formula is C17H14N4O2S2. The number of aryl methyl sites for hydroxylation is 1. The third-order valence-electron chi connectivity index (χ3n) is 3.31. The lowest BCUT2D eigenvalue weighted by atomic mass is 10.2. The van der Waals surface area contributed by atoms with E-state index in [1.165, 1.54) is 17.5 Å². The van der Waals surface area contributed by atoms with Crippen molar-refractivity contribution < 1.29 is 8.42 Å². The Labute approximate surface area is 149 Å². The minimum atomic E-state index is -3.63. The molecule has 0 saturated carbocycles. The van der Waals surface area contributed by atoms with Crippen molar-refractivity contribution in [3.63, 3.8) is 0 Å². The summed E-state index contributed by atoms with van der Waals surface area (Å²) in [6.45, 7) is 1.85. The maximum atomic E-state index is 12.3. The van der Waals surface area contributed by atoms with Crippen LogP contribution in [0.25, 0.3) is 0 Å². The second-order valence-corrected chi connectivity index (χ2v) is 8.38. The summed E-state index contributed by atoms with van der Waals surface area (Å²) >= 11 is 1.20. The summed E-state index contributed by atoms with van der Waals surface area (Å²) in [7, 11) is -3.63. The van der Waals surface area contributed by atoms with Crippen LogP contribution >= 0.6 is 11.3 Å². The van der Waals surface area contributed by atoms with Crippen LogP contribution in [0.3, 0.4) is 0 Å². The van der Waals surface area contributed by atoms with E-state index in [-0.39, 0.29) is 10.0 Å². The summed E-state index contributed by atoms with van der Waals surface area (Å²) in [4.78, 5) is 5.04. The van der Waals surface area contributed by atoms with Gasteiger partial charge in [-0.2, -0.15) is 5.26 Å². The number of hydrogen-bond acceptors (Lipinski definition) is 6. The van der Waals surface area contributed by atoms with Gasteiger partial charge in [0.05, 0.1) is 23.1 Å². The Bertz CT molecular complexity index is 1040. The molecule has 2 N–H and O–H groups in total. The highest BCUT2D eigenvalue weighted by atomic mass is 32.2. The number of rotatable bonds is 5. The zero-order valence-corrected chi connectivity index (χ0v) is 14.9. The van der Waals surface area contributed by atoms with E-state index in [1.807, 2.05) is 13.0 Å². The predicted octanol–water partition coefficient (Wildman–Crippen LogP) is 3.87. The highest BCUT2D eigenvalue weighted by Gasteiger charge is 2.16. The van der Waals surface area contributed by atoms with E-state index in [4.69, 9.17) is 5.26 Å². The van der Waals surface area contributed by atoms with Gasteiger partial charge in [0.25, 0.3) is 10.0 Å². The number of nitriles is 1. The lowest BCUT2D eigenvalue weighted by molar-refractivity contribution is 0.603. The van der Waals surface area contributed by atoms with Crippen LogP contribution in [-0.4, -0.2) is 13.4 Å². The molecule has 0 aliphatic carbocycles. The average molecular weight is 370 g/mol. The van der Waals surface area contributed by atoms with Crippen LogP contribution in [0.1, 0.15) is 10.4 Å². The quantitative estimate of drug-likeness (QED) is 0.711. The number of sulfonamides is 1. The molecule has 6 nitrogen and oxygen atoms in total. The summed E-state index contributed by atoms with van der Waals surface area (Å²) in [5.41, 5.74) is 1.83. The molecule has 0 unspecified atom stereocenters. The van der Waals surface area contributed by atoms with Crippen molar-refractivity contribution in [1.29, 1.82) is 5.26 Å². The Balaban J connectivity index is 1.76. The van der Waals surface area contributed by atoms with E-state index in [1.54, 1.807) is 42.5 Å². The monoisotopic (exact) mass is 370 g/mol. The van der Waals surface area contributed by atoms with E-state index >= 15 is 0 Å². The Morgan fingerprint density at radius 2 is 1.92 bits per heavy atom. The molecule has 0 amide bonds. The molecule has 2 heterocycles. The fraction of sp³-hybridized carbons (Fsp3) is 0.0588. The average Bonchev–Trinajstić information content (AvgIpc) is 3.04. The third-order valence-corrected chi connectivity index (χ3v) is 6.16. The van der Waals surface area contributed by atoms with Crippen LogP contribution in [0.5, 0.6) is 0 Å². The number of hydrogen-bond donors (Lipinski definition) is 2. The summed E-state index contributed by atoms with van der Waals surface area (Å²) in [6, 6.07) is 15.8. The molecule has 0 aliphatic rings. The Hall–Kier alpha value is -2.89. The maximum Gasteiger partial charge on any atom is 0.272 e. The molecule has 0 radical (unpaired) electrons. The zero-order valence-electron chi connectivity index (χ0n) is 13.2. The summed E-state index contributed by atoms with van der Waals surface area (Å²) in [5, 5.41) is 12.2. The summed E-state index contributed by atoms with van der Waals surface area (Å²) in [6.07, 6.45) is 1.51. The first kappa shape index (κ1) is 17.0. The SMILES string of the molecule is Cc1ccc(S(=O)(=O)Nc2ccc(Nc3ccccc3C#N)cn2)s1. The van der Waals surface area contributed by atoms with Crippen molar-refractivity contribution in [2.45, 2.75) is 11.1 Å². The first-order chi connectivity index (χ1) is 12.0. The molecule has 0 aliphatic heterocycles. The predicted molar refractivity (Wildman–Crippen MR) is 98.5 cm³/mol. The molecular weight excluding hydrogens is 356 g/mol. The van der Waals surface area contributed by atoms with Gasteiger partial charge in [-0.05, 0) is 43.3 Å². The molecule has 0 bridgehead atoms. The van der Waals surface area contributed by atoms with Gasteiger partial charge in [-0.1, -0.05) is 12.1 Å². The topological polar surface area (TPSA) is 94.9 Å². The van der Waals surface area contributed by atoms with E-state index < -0.39 is 10.0 Å². The summed E-state index contributed by atoms with van der Waals surface area (Å²) < 4.78 is 27.3. The molecule has 0 spiro atoms. The second kappa shape index (κ2) is 6.93. The number of aromatic nitrogens is 1. The van der Waals surface area contributed by atoms with Gasteiger partial charge in [-0.15, -0.1) is 11.3 Å². The highest BCUT2D eigenvalue weighted by molar-refractivity contribution is 7.94. The molecule has 126 valence electrons. The molecule has 8 heteroatoms. The lowest BCUT2D eigenvalue weighted by Gasteiger charge is -2.09. The Morgan fingerprint density at radius 3 is 2.56 bits per heavy atom. The summed E-state index contributed by atoms with van der Waals surface area (Å²) in [5.74, 6) is 0.227. The first-order valence-electron chi connectivity index (χ1n) is 7.29. The molecule has 0 atom stereocenters. The van der Waals surface area contributed by atoms with Crippen LogP contribution in [0.2, 0.25) is 0 Å². The molecule has 0 fully saturated rings. The van der Waals surface area contributed by atoms with Crippen LogP contribution in [-0.2, 0) is 10.0 Å². The van der Waals surface area contributed by atoms with E-state index in [0.29, 0.717) is 16.9 Å². The minimum Gasteiger partial charge on any atom is -0.353 e. The fourth-order valence-corrected chi connectivity index (χ4v) is 4.41. The van der Waals surface area contributed by atoms with Crippen molar-refractivity contribution in [3.05, 3.63) is 65.2 Å². The zero-order chi connectivity index (χ0) is 17.9. The minimum absolute atomic E-state index is 0.227. The lowest BCUT2D eigenvalue weighted by Crippen LogP contribution is -2.12. The molecule has 25 heavy (non-hydrogen) atoms. The largest absolute Gasteiger partial charge is 0.353 e. The van der Waals surface area contributed by atoms with Crippen LogP contribution in [0.15, 0.2) is 58.9 Å². The van der Waals surface area contributed by atoms with Gasteiger partial charge in [0, 0.05) is 4.88 Å². The highest BCUT2D eigenvalue weighted by Crippen LogP contribution is 2.24. The Kier molecular flexibility index (Phi) is 4.70. The van der Waals surface area contributed by atoms with Crippen molar-refractivity contribution >= 4 is 38.6 Å². The van der Waals surface area contributed by atoms with E-state index in [2.05, 4.69) is 21.1 Å². The van der Waals surface area contributed by atoms with Gasteiger partial charge in [0.2, 0.25) is 0 Å². The van der Waals surface area contributed by atoms with Crippen molar-refractivity contribution in [2.24, 2.45) is 0 Å². The number of pyridine rings is 1.